The molecule has 2 fully saturated rings. The molecule has 1 aromatic heterocycles. The monoisotopic (exact) mass is 401 g/mol. The van der Waals surface area contributed by atoms with Crippen LogP contribution in [0.3, 0.4) is 0 Å². The Hall–Kier alpha value is -2.46. The molecule has 0 bridgehead atoms. The molecule has 1 saturated carbocycles. The molecule has 0 radical (unpaired) electrons. The molecule has 2 aliphatic rings. The van der Waals surface area contributed by atoms with Gasteiger partial charge >= 0.3 is 0 Å². The summed E-state index contributed by atoms with van der Waals surface area (Å²) < 4.78 is 5.56. The van der Waals surface area contributed by atoms with Gasteiger partial charge in [-0.15, -0.1) is 0 Å². The predicted octanol–water partition coefficient (Wildman–Crippen LogP) is 5.52. The van der Waals surface area contributed by atoms with Crippen molar-refractivity contribution in [1.29, 1.82) is 0 Å². The van der Waals surface area contributed by atoms with Crippen LogP contribution in [0.15, 0.2) is 59.1 Å². The first kappa shape index (κ1) is 19.5. The molecule has 5 rings (SSSR count). The van der Waals surface area contributed by atoms with Gasteiger partial charge in [-0.1, -0.05) is 72.6 Å². The van der Waals surface area contributed by atoms with E-state index in [0.717, 1.165) is 24.2 Å². The SMILES string of the molecule is c1ccc(-c2ccc(Cc3nc(CC4CCN(C5CCCC5)CC4)no3)cc2)cc1. The van der Waals surface area contributed by atoms with Crippen LogP contribution in [0, 0.1) is 5.92 Å². The molecule has 4 nitrogen and oxygen atoms in total. The maximum Gasteiger partial charge on any atom is 0.231 e. The summed E-state index contributed by atoms with van der Waals surface area (Å²) >= 11 is 0. The van der Waals surface area contributed by atoms with Crippen molar-refractivity contribution < 1.29 is 4.52 Å². The summed E-state index contributed by atoms with van der Waals surface area (Å²) in [4.78, 5) is 7.41. The van der Waals surface area contributed by atoms with Gasteiger partial charge < -0.3 is 9.42 Å². The van der Waals surface area contributed by atoms with Crippen LogP contribution >= 0.6 is 0 Å². The van der Waals surface area contributed by atoms with Gasteiger partial charge in [0.15, 0.2) is 5.82 Å². The number of aromatic nitrogens is 2. The number of piperidine rings is 1. The van der Waals surface area contributed by atoms with E-state index in [2.05, 4.69) is 63.6 Å². The number of hydrogen-bond acceptors (Lipinski definition) is 4. The second kappa shape index (κ2) is 9.13. The molecule has 2 heterocycles. The Balaban J connectivity index is 1.13. The van der Waals surface area contributed by atoms with Gasteiger partial charge in [0.2, 0.25) is 5.89 Å². The molecule has 4 heteroatoms. The zero-order chi connectivity index (χ0) is 20.2. The summed E-state index contributed by atoms with van der Waals surface area (Å²) in [7, 11) is 0. The van der Waals surface area contributed by atoms with Crippen molar-refractivity contribution in [3.05, 3.63) is 71.9 Å². The quantitative estimate of drug-likeness (QED) is 0.545. The third-order valence-corrected chi connectivity index (χ3v) is 6.89. The maximum atomic E-state index is 5.56. The summed E-state index contributed by atoms with van der Waals surface area (Å²) in [6, 6.07) is 20.0. The lowest BCUT2D eigenvalue weighted by Gasteiger charge is -2.35. The lowest BCUT2D eigenvalue weighted by Crippen LogP contribution is -2.40. The largest absolute Gasteiger partial charge is 0.339 e. The molecule has 2 aromatic carbocycles. The Morgan fingerprint density at radius 3 is 2.27 bits per heavy atom. The first-order valence-corrected chi connectivity index (χ1v) is 11.5. The molecule has 156 valence electrons. The first-order chi connectivity index (χ1) is 14.8. The summed E-state index contributed by atoms with van der Waals surface area (Å²) in [5.74, 6) is 2.30. The van der Waals surface area contributed by atoms with Gasteiger partial charge in [0.25, 0.3) is 0 Å². The van der Waals surface area contributed by atoms with E-state index in [0.29, 0.717) is 12.3 Å². The highest BCUT2D eigenvalue weighted by Crippen LogP contribution is 2.29. The summed E-state index contributed by atoms with van der Waals surface area (Å²) in [6.45, 7) is 2.49. The molecule has 0 unspecified atom stereocenters. The van der Waals surface area contributed by atoms with Crippen molar-refractivity contribution in [2.45, 2.75) is 57.4 Å². The number of likely N-dealkylation sites (tertiary alicyclic amines) is 1. The lowest BCUT2D eigenvalue weighted by molar-refractivity contribution is 0.133. The van der Waals surface area contributed by atoms with Gasteiger partial charge in [-0.25, -0.2) is 0 Å². The summed E-state index contributed by atoms with van der Waals surface area (Å²) in [5.41, 5.74) is 3.67. The first-order valence-electron chi connectivity index (χ1n) is 11.5. The van der Waals surface area contributed by atoms with Crippen LogP contribution in [0.25, 0.3) is 11.1 Å². The van der Waals surface area contributed by atoms with Crippen LogP contribution in [-0.4, -0.2) is 34.2 Å². The average Bonchev–Trinajstić information content (AvgIpc) is 3.48. The van der Waals surface area contributed by atoms with E-state index >= 15 is 0 Å². The molecule has 1 saturated heterocycles. The second-order valence-corrected chi connectivity index (χ2v) is 8.97. The Kier molecular flexibility index (Phi) is 5.94. The van der Waals surface area contributed by atoms with Gasteiger partial charge in [-0.3, -0.25) is 0 Å². The number of hydrogen-bond donors (Lipinski definition) is 0. The van der Waals surface area contributed by atoms with Crippen molar-refractivity contribution in [2.24, 2.45) is 5.92 Å². The summed E-state index contributed by atoms with van der Waals surface area (Å²) in [5, 5.41) is 4.27. The lowest BCUT2D eigenvalue weighted by atomic mass is 9.92. The minimum atomic E-state index is 0.693. The van der Waals surface area contributed by atoms with Crippen molar-refractivity contribution in [3.63, 3.8) is 0 Å². The molecule has 0 atom stereocenters. The normalized spacial score (nSPS) is 18.8. The molecule has 30 heavy (non-hydrogen) atoms. The zero-order valence-electron chi connectivity index (χ0n) is 17.7. The van der Waals surface area contributed by atoms with Crippen LogP contribution in [-0.2, 0) is 12.8 Å². The fraction of sp³-hybridized carbons (Fsp3) is 0.462. The summed E-state index contributed by atoms with van der Waals surface area (Å²) in [6.07, 6.45) is 9.84. The maximum absolute atomic E-state index is 5.56. The molecule has 0 spiro atoms. The highest BCUT2D eigenvalue weighted by molar-refractivity contribution is 5.63. The van der Waals surface area contributed by atoms with E-state index in [9.17, 15) is 0 Å². The van der Waals surface area contributed by atoms with Crippen LogP contribution in [0.1, 0.15) is 55.8 Å². The van der Waals surface area contributed by atoms with Crippen LogP contribution in [0.2, 0.25) is 0 Å². The van der Waals surface area contributed by atoms with E-state index < -0.39 is 0 Å². The van der Waals surface area contributed by atoms with Crippen LogP contribution in [0.5, 0.6) is 0 Å². The molecule has 1 aliphatic carbocycles. The number of rotatable bonds is 6. The van der Waals surface area contributed by atoms with E-state index in [1.54, 1.807) is 0 Å². The molecular weight excluding hydrogens is 370 g/mol. The fourth-order valence-electron chi connectivity index (χ4n) is 5.11. The van der Waals surface area contributed by atoms with Gasteiger partial charge in [0, 0.05) is 12.5 Å². The van der Waals surface area contributed by atoms with E-state index in [-0.39, 0.29) is 0 Å². The van der Waals surface area contributed by atoms with Crippen LogP contribution in [0.4, 0.5) is 0 Å². The topological polar surface area (TPSA) is 42.2 Å². The fourth-order valence-corrected chi connectivity index (χ4v) is 5.11. The standard InChI is InChI=1S/C26H31N3O/c1-2-6-22(7-3-1)23-12-10-20(11-13-23)19-26-27-25(28-30-26)18-21-14-16-29(17-15-21)24-8-4-5-9-24/h1-3,6-7,10-13,21,24H,4-5,8-9,14-19H2. The molecular formula is C26H31N3O. The third kappa shape index (κ3) is 4.65. The van der Waals surface area contributed by atoms with Gasteiger partial charge in [0.1, 0.15) is 0 Å². The second-order valence-electron chi connectivity index (χ2n) is 8.97. The van der Waals surface area contributed by atoms with Crippen molar-refractivity contribution in [2.75, 3.05) is 13.1 Å². The van der Waals surface area contributed by atoms with Crippen molar-refractivity contribution >= 4 is 0 Å². The Labute approximate surface area is 179 Å². The minimum absolute atomic E-state index is 0.693. The van der Waals surface area contributed by atoms with Crippen molar-refractivity contribution in [3.8, 4) is 11.1 Å². The van der Waals surface area contributed by atoms with Crippen LogP contribution < -0.4 is 0 Å². The molecule has 3 aromatic rings. The number of nitrogens with zero attached hydrogens (tertiary/aromatic N) is 3. The van der Waals surface area contributed by atoms with Gasteiger partial charge in [0.05, 0.1) is 6.42 Å². The van der Waals surface area contributed by atoms with E-state index in [1.165, 1.54) is 68.3 Å². The molecule has 1 aliphatic heterocycles. The van der Waals surface area contributed by atoms with E-state index in [1.807, 2.05) is 6.07 Å². The minimum Gasteiger partial charge on any atom is -0.339 e. The smallest absolute Gasteiger partial charge is 0.231 e. The zero-order valence-corrected chi connectivity index (χ0v) is 17.7. The molecule has 0 N–H and O–H groups in total. The van der Waals surface area contributed by atoms with Gasteiger partial charge in [-0.2, -0.15) is 4.98 Å². The van der Waals surface area contributed by atoms with Crippen molar-refractivity contribution in [1.82, 2.24) is 15.0 Å². The number of benzene rings is 2. The van der Waals surface area contributed by atoms with Gasteiger partial charge in [-0.05, 0) is 61.4 Å². The van der Waals surface area contributed by atoms with E-state index in [4.69, 9.17) is 4.52 Å². The Morgan fingerprint density at radius 1 is 0.833 bits per heavy atom. The highest BCUT2D eigenvalue weighted by atomic mass is 16.5. The average molecular weight is 402 g/mol. The Bertz CT molecular complexity index is 920. The highest BCUT2D eigenvalue weighted by Gasteiger charge is 2.27. The molecule has 0 amide bonds. The third-order valence-electron chi connectivity index (χ3n) is 6.89. The predicted molar refractivity (Wildman–Crippen MR) is 119 cm³/mol. The Morgan fingerprint density at radius 2 is 1.53 bits per heavy atom.